The Morgan fingerprint density at radius 2 is 1.97 bits per heavy atom. The lowest BCUT2D eigenvalue weighted by atomic mass is 9.47. The minimum absolute atomic E-state index is 0.00312. The number of fused-ring (bicyclic) bond motifs is 5. The first-order chi connectivity index (χ1) is 13.7. The Labute approximate surface area is 179 Å². The van der Waals surface area contributed by atoms with Crippen LogP contribution in [0.2, 0.25) is 0 Å². The summed E-state index contributed by atoms with van der Waals surface area (Å²) in [5.41, 5.74) is 1.71. The van der Waals surface area contributed by atoms with Crippen LogP contribution >= 0.6 is 12.2 Å². The van der Waals surface area contributed by atoms with Crippen molar-refractivity contribution in [2.45, 2.75) is 84.8 Å². The van der Waals surface area contributed by atoms with Gasteiger partial charge >= 0.3 is 5.97 Å². The van der Waals surface area contributed by atoms with Crippen molar-refractivity contribution in [3.8, 4) is 0 Å². The van der Waals surface area contributed by atoms with Crippen molar-refractivity contribution in [1.29, 1.82) is 0 Å². The molecule has 29 heavy (non-hydrogen) atoms. The van der Waals surface area contributed by atoms with Crippen LogP contribution in [0.4, 0.5) is 0 Å². The summed E-state index contributed by atoms with van der Waals surface area (Å²) >= 11 is 4.91. The largest absolute Gasteiger partial charge is 0.462 e. The Kier molecular flexibility index (Phi) is 5.36. The molecule has 0 bridgehead atoms. The Hall–Kier alpha value is -1.32. The van der Waals surface area contributed by atoms with Gasteiger partial charge in [0.2, 0.25) is 0 Å². The Morgan fingerprint density at radius 3 is 2.62 bits per heavy atom. The first kappa shape index (κ1) is 20.9. The first-order valence-corrected chi connectivity index (χ1v) is 11.6. The van der Waals surface area contributed by atoms with Crippen LogP contribution in [0.15, 0.2) is 16.6 Å². The lowest BCUT2D eigenvalue weighted by molar-refractivity contribution is -0.149. The third kappa shape index (κ3) is 3.25. The summed E-state index contributed by atoms with van der Waals surface area (Å²) in [5, 5.41) is 2.57. The van der Waals surface area contributed by atoms with Gasteiger partial charge in [-0.1, -0.05) is 25.5 Å². The zero-order chi connectivity index (χ0) is 21.0. The van der Waals surface area contributed by atoms with Gasteiger partial charge in [0.25, 0.3) is 0 Å². The van der Waals surface area contributed by atoms with E-state index in [1.54, 1.807) is 6.92 Å². The molecule has 4 rings (SSSR count). The molecule has 0 unspecified atom stereocenters. The minimum atomic E-state index is -0.173. The van der Waals surface area contributed by atoms with Gasteiger partial charge < -0.3 is 4.74 Å². The molecule has 8 atom stereocenters. The maximum atomic E-state index is 12.6. The van der Waals surface area contributed by atoms with E-state index in [1.807, 2.05) is 0 Å². The average Bonchev–Trinajstić information content (AvgIpc) is 2.94. The predicted octanol–water partition coefficient (Wildman–Crippen LogP) is 5.17. The average molecular weight is 416 g/mol. The number of hydrogen-bond acceptors (Lipinski definition) is 5. The number of rotatable bonds is 3. The molecule has 0 N–H and O–H groups in total. The summed E-state index contributed by atoms with van der Waals surface area (Å²) < 4.78 is 5.54. The lowest BCUT2D eigenvalue weighted by Crippen LogP contribution is -2.51. The van der Waals surface area contributed by atoms with Gasteiger partial charge in [0, 0.05) is 19.3 Å². The Balaban J connectivity index is 1.63. The summed E-state index contributed by atoms with van der Waals surface area (Å²) in [7, 11) is 0. The van der Waals surface area contributed by atoms with E-state index in [0.717, 1.165) is 38.5 Å². The molecule has 0 aliphatic heterocycles. The van der Waals surface area contributed by atoms with Crippen LogP contribution in [-0.4, -0.2) is 29.1 Å². The number of thiocarbonyl (C=S) groups is 1. The molecule has 0 spiro atoms. The second-order valence-electron chi connectivity index (χ2n) is 10.4. The summed E-state index contributed by atoms with van der Waals surface area (Å²) in [6.07, 6.45) is 9.68. The van der Waals surface area contributed by atoms with Crippen LogP contribution in [-0.2, 0) is 14.3 Å². The number of allylic oxidation sites excluding steroid dienone is 1. The fourth-order valence-electron chi connectivity index (χ4n) is 7.91. The Bertz CT molecular complexity index is 800. The molecule has 4 nitrogen and oxygen atoms in total. The maximum absolute atomic E-state index is 12.6. The normalized spacial score (nSPS) is 45.7. The molecular formula is C24H33NO3S. The number of esters is 1. The number of hydrogen-bond donors (Lipinski definition) is 0. The minimum Gasteiger partial charge on any atom is -0.462 e. The molecule has 0 aromatic rings. The first-order valence-electron chi connectivity index (χ1n) is 11.1. The fraction of sp³-hybridized carbons (Fsp3) is 0.792. The van der Waals surface area contributed by atoms with Crippen LogP contribution in [0.3, 0.4) is 0 Å². The summed E-state index contributed by atoms with van der Waals surface area (Å²) in [6, 6.07) is -0.00312. The van der Waals surface area contributed by atoms with Crippen molar-refractivity contribution in [3.05, 3.63) is 11.6 Å². The zero-order valence-electron chi connectivity index (χ0n) is 18.1. The second-order valence-corrected chi connectivity index (χ2v) is 10.6. The van der Waals surface area contributed by atoms with Crippen molar-refractivity contribution < 1.29 is 14.3 Å². The molecule has 0 aromatic carbocycles. The monoisotopic (exact) mass is 415 g/mol. The predicted molar refractivity (Wildman–Crippen MR) is 116 cm³/mol. The van der Waals surface area contributed by atoms with E-state index < -0.39 is 0 Å². The number of nitrogens with zero attached hydrogens (tertiary/aromatic N) is 1. The molecular weight excluding hydrogens is 382 g/mol. The van der Waals surface area contributed by atoms with Gasteiger partial charge in [-0.05, 0) is 86.3 Å². The molecule has 3 saturated carbocycles. The maximum Gasteiger partial charge on any atom is 0.302 e. The smallest absolute Gasteiger partial charge is 0.302 e. The number of ether oxygens (including phenoxy) is 1. The van der Waals surface area contributed by atoms with Gasteiger partial charge in [-0.25, -0.2) is 4.99 Å². The van der Waals surface area contributed by atoms with Gasteiger partial charge in [-0.2, -0.15) is 0 Å². The molecule has 0 saturated heterocycles. The number of ketones is 1. The van der Waals surface area contributed by atoms with Crippen molar-refractivity contribution >= 4 is 29.1 Å². The van der Waals surface area contributed by atoms with E-state index in [4.69, 9.17) is 17.0 Å². The highest BCUT2D eigenvalue weighted by atomic mass is 32.1. The number of Topliss-reactive ketones (excluding diaryl/α,β-unsaturated/α-hetero) is 1. The number of isothiocyanates is 1. The fourth-order valence-corrected chi connectivity index (χ4v) is 8.04. The topological polar surface area (TPSA) is 55.7 Å². The zero-order valence-corrected chi connectivity index (χ0v) is 18.9. The van der Waals surface area contributed by atoms with Crippen LogP contribution in [0.5, 0.6) is 0 Å². The third-order valence-corrected chi connectivity index (χ3v) is 9.18. The van der Waals surface area contributed by atoms with E-state index in [-0.39, 0.29) is 40.6 Å². The van der Waals surface area contributed by atoms with E-state index >= 15 is 0 Å². The van der Waals surface area contributed by atoms with E-state index in [0.29, 0.717) is 17.8 Å². The van der Waals surface area contributed by atoms with E-state index in [9.17, 15) is 9.59 Å². The highest BCUT2D eigenvalue weighted by Crippen LogP contribution is 2.66. The van der Waals surface area contributed by atoms with Crippen molar-refractivity contribution in [2.24, 2.45) is 39.5 Å². The summed E-state index contributed by atoms with van der Waals surface area (Å²) in [5.74, 6) is 1.80. The Morgan fingerprint density at radius 1 is 1.21 bits per heavy atom. The molecule has 0 heterocycles. The molecule has 0 radical (unpaired) electrons. The lowest BCUT2D eigenvalue weighted by Gasteiger charge is -2.57. The molecule has 158 valence electrons. The number of carbonyl (C=O) groups excluding carboxylic acids is 2. The summed E-state index contributed by atoms with van der Waals surface area (Å²) in [4.78, 5) is 28.5. The van der Waals surface area contributed by atoms with Gasteiger partial charge in [0.15, 0.2) is 0 Å². The second kappa shape index (κ2) is 7.42. The number of aliphatic imine (C=N–C) groups is 1. The molecule has 5 heteroatoms. The van der Waals surface area contributed by atoms with Gasteiger partial charge in [0.05, 0.1) is 11.2 Å². The summed E-state index contributed by atoms with van der Waals surface area (Å²) in [6.45, 7) is 8.00. The van der Waals surface area contributed by atoms with Crippen molar-refractivity contribution in [1.82, 2.24) is 0 Å². The molecule has 0 aromatic heterocycles. The van der Waals surface area contributed by atoms with Gasteiger partial charge in [0.1, 0.15) is 11.9 Å². The van der Waals surface area contributed by atoms with Gasteiger partial charge in [-0.3, -0.25) is 9.59 Å². The van der Waals surface area contributed by atoms with E-state index in [2.05, 4.69) is 30.1 Å². The molecule has 0 amide bonds. The van der Waals surface area contributed by atoms with Crippen LogP contribution in [0.1, 0.15) is 72.6 Å². The van der Waals surface area contributed by atoms with Crippen LogP contribution < -0.4 is 0 Å². The van der Waals surface area contributed by atoms with Crippen LogP contribution in [0, 0.1) is 34.5 Å². The molecule has 4 aliphatic rings. The van der Waals surface area contributed by atoms with Crippen molar-refractivity contribution in [3.63, 3.8) is 0 Å². The standard InChI is InChI=1S/C24H33NO3S/c1-14(26)22-21(25-13-29)12-20-18-6-5-16-11-17(28-15(2)27)7-9-23(16,3)19(18)8-10-24(20,22)4/h5,17-22H,6-12H2,1-4H3/t17-,18-,19+,20-,21+,22+,23-,24-/m0/s1. The SMILES string of the molecule is CC(=O)O[C@H]1CC[C@@]2(C)C(=CC[C@H]3[C@H]2CC[C@]2(C)[C@H](C(C)=O)[C@H](N=C=S)C[C@@H]32)C1. The van der Waals surface area contributed by atoms with Crippen molar-refractivity contribution in [2.75, 3.05) is 0 Å². The van der Waals surface area contributed by atoms with E-state index in [1.165, 1.54) is 18.9 Å². The highest BCUT2D eigenvalue weighted by Gasteiger charge is 2.62. The number of carbonyl (C=O) groups is 2. The highest BCUT2D eigenvalue weighted by molar-refractivity contribution is 7.78. The molecule has 3 fully saturated rings. The quantitative estimate of drug-likeness (QED) is 0.276. The molecule has 4 aliphatic carbocycles. The third-order valence-electron chi connectivity index (χ3n) is 9.08. The van der Waals surface area contributed by atoms with Crippen LogP contribution in [0.25, 0.3) is 0 Å². The van der Waals surface area contributed by atoms with Gasteiger partial charge in [-0.15, -0.1) is 0 Å².